The van der Waals surface area contributed by atoms with Gasteiger partial charge in [0.25, 0.3) is 0 Å². The molecule has 17 heavy (non-hydrogen) atoms. The highest BCUT2D eigenvalue weighted by Gasteiger charge is 2.06. The molecule has 0 aliphatic carbocycles. The quantitative estimate of drug-likeness (QED) is 0.869. The Bertz CT molecular complexity index is 528. The molecule has 2 aromatic heterocycles. The Morgan fingerprint density at radius 1 is 1.29 bits per heavy atom. The average molecular weight is 230 g/mol. The van der Waals surface area contributed by atoms with E-state index < -0.39 is 0 Å². The van der Waals surface area contributed by atoms with Crippen LogP contribution in [-0.4, -0.2) is 15.0 Å². The fourth-order valence-corrected chi connectivity index (χ4v) is 1.43. The average Bonchev–Trinajstić information content (AvgIpc) is 2.31. The van der Waals surface area contributed by atoms with Crippen LogP contribution in [0.15, 0.2) is 24.4 Å². The largest absolute Gasteiger partial charge is 0.422 e. The summed E-state index contributed by atoms with van der Waals surface area (Å²) in [4.78, 5) is 12.5. The molecule has 0 aliphatic heterocycles. The van der Waals surface area contributed by atoms with Gasteiger partial charge in [0.2, 0.25) is 0 Å². The van der Waals surface area contributed by atoms with E-state index in [1.165, 1.54) is 0 Å². The summed E-state index contributed by atoms with van der Waals surface area (Å²) in [6.45, 7) is 4.12. The molecule has 0 aliphatic rings. The Labute approximate surface area is 99.7 Å². The first kappa shape index (κ1) is 11.5. The molecule has 0 fully saturated rings. The third kappa shape index (κ3) is 2.76. The topological polar surface area (TPSA) is 73.9 Å². The number of nitrogens with zero attached hydrogens (tertiary/aromatic N) is 3. The van der Waals surface area contributed by atoms with Crippen LogP contribution in [0.5, 0.6) is 11.8 Å². The molecule has 0 atom stereocenters. The normalized spacial score (nSPS) is 10.3. The van der Waals surface area contributed by atoms with E-state index in [9.17, 15) is 0 Å². The van der Waals surface area contributed by atoms with E-state index in [2.05, 4.69) is 15.0 Å². The second-order valence-corrected chi connectivity index (χ2v) is 3.68. The summed E-state index contributed by atoms with van der Waals surface area (Å²) in [5.41, 5.74) is 7.94. The molecule has 0 radical (unpaired) electrons. The molecule has 0 unspecified atom stereocenters. The third-order valence-electron chi connectivity index (χ3n) is 2.26. The minimum absolute atomic E-state index is 0.307. The van der Waals surface area contributed by atoms with Crippen molar-refractivity contribution in [2.24, 2.45) is 5.73 Å². The molecule has 88 valence electrons. The number of nitrogens with two attached hydrogens (primary N) is 1. The fraction of sp³-hybridized carbons (Fsp3) is 0.250. The lowest BCUT2D eigenvalue weighted by atomic mass is 10.3. The van der Waals surface area contributed by atoms with E-state index in [0.717, 1.165) is 17.1 Å². The summed E-state index contributed by atoms with van der Waals surface area (Å²) in [6.07, 6.45) is 1.71. The van der Waals surface area contributed by atoms with Crippen molar-refractivity contribution in [1.82, 2.24) is 15.0 Å². The maximum Gasteiger partial charge on any atom is 0.322 e. The lowest BCUT2D eigenvalue weighted by Crippen LogP contribution is -2.04. The van der Waals surface area contributed by atoms with Crippen molar-refractivity contribution in [3.63, 3.8) is 0 Å². The molecule has 2 aromatic rings. The van der Waals surface area contributed by atoms with Gasteiger partial charge in [-0.2, -0.15) is 4.98 Å². The monoisotopic (exact) mass is 230 g/mol. The number of hydrogen-bond donors (Lipinski definition) is 1. The number of pyridine rings is 1. The molecule has 0 saturated carbocycles. The van der Waals surface area contributed by atoms with Crippen LogP contribution >= 0.6 is 0 Å². The van der Waals surface area contributed by atoms with Crippen molar-refractivity contribution in [2.45, 2.75) is 20.4 Å². The highest BCUT2D eigenvalue weighted by molar-refractivity contribution is 5.28. The molecule has 2 heterocycles. The van der Waals surface area contributed by atoms with Crippen LogP contribution in [-0.2, 0) is 6.54 Å². The van der Waals surface area contributed by atoms with E-state index in [1.54, 1.807) is 6.20 Å². The molecule has 0 bridgehead atoms. The maximum absolute atomic E-state index is 5.59. The molecule has 5 nitrogen and oxygen atoms in total. The Balaban J connectivity index is 2.30. The first-order valence-electron chi connectivity index (χ1n) is 5.33. The minimum atomic E-state index is 0.307. The summed E-state index contributed by atoms with van der Waals surface area (Å²) in [7, 11) is 0. The van der Waals surface area contributed by atoms with E-state index in [-0.39, 0.29) is 0 Å². The third-order valence-corrected chi connectivity index (χ3v) is 2.26. The fourth-order valence-electron chi connectivity index (χ4n) is 1.43. The van der Waals surface area contributed by atoms with Gasteiger partial charge in [0.1, 0.15) is 0 Å². The number of rotatable bonds is 3. The number of aryl methyl sites for hydroxylation is 2. The zero-order chi connectivity index (χ0) is 12.3. The van der Waals surface area contributed by atoms with Gasteiger partial charge in [0, 0.05) is 18.4 Å². The first-order chi connectivity index (χ1) is 8.19. The maximum atomic E-state index is 5.59. The lowest BCUT2D eigenvalue weighted by molar-refractivity contribution is 0.432. The standard InChI is InChI=1S/C12H14N4O/c1-8-6-10(7-13)16-12(15-8)17-11-4-3-5-14-9(11)2/h3-6H,7,13H2,1-2H3. The van der Waals surface area contributed by atoms with Gasteiger partial charge < -0.3 is 10.5 Å². The van der Waals surface area contributed by atoms with Crippen molar-refractivity contribution < 1.29 is 4.74 Å². The van der Waals surface area contributed by atoms with E-state index in [1.807, 2.05) is 32.0 Å². The Morgan fingerprint density at radius 3 is 2.82 bits per heavy atom. The van der Waals surface area contributed by atoms with Crippen molar-refractivity contribution in [3.05, 3.63) is 41.5 Å². The summed E-state index contributed by atoms with van der Waals surface area (Å²) >= 11 is 0. The molecule has 5 heteroatoms. The van der Waals surface area contributed by atoms with Crippen LogP contribution < -0.4 is 10.5 Å². The number of hydrogen-bond acceptors (Lipinski definition) is 5. The van der Waals surface area contributed by atoms with Gasteiger partial charge in [0.05, 0.1) is 11.4 Å². The smallest absolute Gasteiger partial charge is 0.322 e. The van der Waals surface area contributed by atoms with Gasteiger partial charge in [-0.3, -0.25) is 4.98 Å². The predicted octanol–water partition coefficient (Wildman–Crippen LogP) is 1.74. The van der Waals surface area contributed by atoms with Gasteiger partial charge in [0.15, 0.2) is 5.75 Å². The summed E-state index contributed by atoms with van der Waals surface area (Å²) in [5.74, 6) is 0.654. The van der Waals surface area contributed by atoms with E-state index in [4.69, 9.17) is 10.5 Å². The SMILES string of the molecule is Cc1cc(CN)nc(Oc2cccnc2C)n1. The van der Waals surface area contributed by atoms with Crippen LogP contribution in [0.2, 0.25) is 0 Å². The molecule has 2 N–H and O–H groups in total. The van der Waals surface area contributed by atoms with E-state index >= 15 is 0 Å². The van der Waals surface area contributed by atoms with Gasteiger partial charge >= 0.3 is 6.01 Å². The van der Waals surface area contributed by atoms with Crippen LogP contribution in [0.3, 0.4) is 0 Å². The lowest BCUT2D eigenvalue weighted by Gasteiger charge is -2.07. The Kier molecular flexibility index (Phi) is 3.30. The predicted molar refractivity (Wildman–Crippen MR) is 63.7 cm³/mol. The number of aromatic nitrogens is 3. The Morgan fingerprint density at radius 2 is 2.12 bits per heavy atom. The van der Waals surface area contributed by atoms with Gasteiger partial charge in [-0.05, 0) is 32.0 Å². The highest BCUT2D eigenvalue weighted by atomic mass is 16.5. The molecule has 0 saturated heterocycles. The molecule has 0 amide bonds. The zero-order valence-electron chi connectivity index (χ0n) is 9.84. The number of ether oxygens (including phenoxy) is 1. The van der Waals surface area contributed by atoms with Crippen molar-refractivity contribution >= 4 is 0 Å². The van der Waals surface area contributed by atoms with Crippen molar-refractivity contribution in [3.8, 4) is 11.8 Å². The second kappa shape index (κ2) is 4.88. The van der Waals surface area contributed by atoms with Gasteiger partial charge in [-0.25, -0.2) is 4.98 Å². The zero-order valence-corrected chi connectivity index (χ0v) is 9.84. The minimum Gasteiger partial charge on any atom is -0.422 e. The van der Waals surface area contributed by atoms with Crippen LogP contribution in [0.25, 0.3) is 0 Å². The molecular weight excluding hydrogens is 216 g/mol. The highest BCUT2D eigenvalue weighted by Crippen LogP contribution is 2.20. The summed E-state index contributed by atoms with van der Waals surface area (Å²) in [6, 6.07) is 5.78. The van der Waals surface area contributed by atoms with Crippen LogP contribution in [0.1, 0.15) is 17.1 Å². The molecule has 0 aromatic carbocycles. The summed E-state index contributed by atoms with van der Waals surface area (Å²) in [5, 5.41) is 0. The van der Waals surface area contributed by atoms with Gasteiger partial charge in [-0.15, -0.1) is 0 Å². The van der Waals surface area contributed by atoms with Crippen LogP contribution in [0, 0.1) is 13.8 Å². The molecular formula is C12H14N4O. The van der Waals surface area contributed by atoms with Crippen molar-refractivity contribution in [2.75, 3.05) is 0 Å². The first-order valence-corrected chi connectivity index (χ1v) is 5.33. The van der Waals surface area contributed by atoms with Gasteiger partial charge in [-0.1, -0.05) is 0 Å². The summed E-state index contributed by atoms with van der Waals surface area (Å²) < 4.78 is 5.59. The second-order valence-electron chi connectivity index (χ2n) is 3.68. The Hall–Kier alpha value is -2.01. The van der Waals surface area contributed by atoms with Crippen LogP contribution in [0.4, 0.5) is 0 Å². The van der Waals surface area contributed by atoms with E-state index in [0.29, 0.717) is 18.3 Å². The van der Waals surface area contributed by atoms with Crippen molar-refractivity contribution in [1.29, 1.82) is 0 Å². The molecule has 0 spiro atoms. The molecule has 2 rings (SSSR count).